The number of amides is 1. The van der Waals surface area contributed by atoms with Crippen molar-refractivity contribution in [3.8, 4) is 0 Å². The Bertz CT molecular complexity index is 415. The molecule has 6 nitrogen and oxygen atoms in total. The molecule has 1 aromatic rings. The highest BCUT2D eigenvalue weighted by Gasteiger charge is 2.23. The lowest BCUT2D eigenvalue weighted by molar-refractivity contribution is 0.0311. The van der Waals surface area contributed by atoms with Crippen LogP contribution in [0.3, 0.4) is 0 Å². The van der Waals surface area contributed by atoms with Gasteiger partial charge in [-0.3, -0.25) is 4.79 Å². The first kappa shape index (κ1) is 14.4. The van der Waals surface area contributed by atoms with E-state index in [1.165, 1.54) is 0 Å². The Balaban J connectivity index is 2.89. The molecule has 1 aromatic heterocycles. The second-order valence-corrected chi connectivity index (χ2v) is 4.68. The van der Waals surface area contributed by atoms with Gasteiger partial charge in [0.15, 0.2) is 0 Å². The Morgan fingerprint density at radius 1 is 1.56 bits per heavy atom. The highest BCUT2D eigenvalue weighted by Crippen LogP contribution is 2.10. The summed E-state index contributed by atoms with van der Waals surface area (Å²) in [4.78, 5) is 17.8. The first-order valence-electron chi connectivity index (χ1n) is 5.82. The highest BCUT2D eigenvalue weighted by atomic mass is 16.3. The average molecular weight is 252 g/mol. The summed E-state index contributed by atoms with van der Waals surface area (Å²) in [7, 11) is 0. The van der Waals surface area contributed by atoms with Crippen LogP contribution in [-0.2, 0) is 0 Å². The molecular weight excluding hydrogens is 232 g/mol. The number of nitrogens with two attached hydrogens (primary N) is 1. The fourth-order valence-corrected chi connectivity index (χ4v) is 1.59. The molecule has 0 atom stereocenters. The van der Waals surface area contributed by atoms with Crippen LogP contribution < -0.4 is 11.3 Å². The number of likely N-dealkylation sites (N-methyl/N-ethyl adjacent to an activating group) is 1. The maximum absolute atomic E-state index is 12.2. The Morgan fingerprint density at radius 2 is 2.22 bits per heavy atom. The number of rotatable bonds is 5. The van der Waals surface area contributed by atoms with E-state index in [9.17, 15) is 9.90 Å². The van der Waals surface area contributed by atoms with Crippen molar-refractivity contribution in [1.82, 2.24) is 9.88 Å². The van der Waals surface area contributed by atoms with Gasteiger partial charge in [0.25, 0.3) is 5.91 Å². The van der Waals surface area contributed by atoms with Crippen molar-refractivity contribution >= 4 is 11.7 Å². The molecule has 0 unspecified atom stereocenters. The van der Waals surface area contributed by atoms with Gasteiger partial charge in [0.2, 0.25) is 0 Å². The standard InChI is InChI=1S/C12H20N4O2/c1-4-16(8-12(2,3)18)11(17)9-6-5-7-10(14-9)15-13/h5-7,18H,4,8,13H2,1-3H3,(H,14,15). The van der Waals surface area contributed by atoms with Gasteiger partial charge in [-0.05, 0) is 32.9 Å². The first-order valence-corrected chi connectivity index (χ1v) is 5.82. The lowest BCUT2D eigenvalue weighted by atomic mass is 10.1. The second-order valence-electron chi connectivity index (χ2n) is 4.68. The van der Waals surface area contributed by atoms with Crippen molar-refractivity contribution in [1.29, 1.82) is 0 Å². The summed E-state index contributed by atoms with van der Waals surface area (Å²) in [6, 6.07) is 4.99. The molecule has 0 saturated carbocycles. The topological polar surface area (TPSA) is 91.5 Å². The van der Waals surface area contributed by atoms with Gasteiger partial charge in [-0.1, -0.05) is 6.07 Å². The Kier molecular flexibility index (Phi) is 4.63. The van der Waals surface area contributed by atoms with Crippen molar-refractivity contribution in [2.75, 3.05) is 18.5 Å². The van der Waals surface area contributed by atoms with Gasteiger partial charge in [-0.2, -0.15) is 0 Å². The Labute approximate surface area is 107 Å². The molecule has 0 saturated heterocycles. The van der Waals surface area contributed by atoms with E-state index in [2.05, 4.69) is 10.4 Å². The number of aliphatic hydroxyl groups is 1. The van der Waals surface area contributed by atoms with E-state index < -0.39 is 5.60 Å². The molecule has 18 heavy (non-hydrogen) atoms. The van der Waals surface area contributed by atoms with Crippen LogP contribution in [0.5, 0.6) is 0 Å². The maximum Gasteiger partial charge on any atom is 0.272 e. The normalized spacial score (nSPS) is 11.2. The summed E-state index contributed by atoms with van der Waals surface area (Å²) in [5.74, 6) is 5.46. The number of nitrogens with zero attached hydrogens (tertiary/aromatic N) is 2. The van der Waals surface area contributed by atoms with E-state index in [-0.39, 0.29) is 12.5 Å². The lowest BCUT2D eigenvalue weighted by Gasteiger charge is -2.27. The summed E-state index contributed by atoms with van der Waals surface area (Å²) in [5, 5.41) is 9.77. The molecule has 100 valence electrons. The molecule has 0 radical (unpaired) electrons. The fraction of sp³-hybridized carbons (Fsp3) is 0.500. The van der Waals surface area contributed by atoms with Gasteiger partial charge in [0.05, 0.1) is 5.60 Å². The minimum Gasteiger partial charge on any atom is -0.389 e. The largest absolute Gasteiger partial charge is 0.389 e. The summed E-state index contributed by atoms with van der Waals surface area (Å²) in [6.45, 7) is 5.94. The van der Waals surface area contributed by atoms with Crippen molar-refractivity contribution in [2.45, 2.75) is 26.4 Å². The molecule has 1 heterocycles. The van der Waals surface area contributed by atoms with Crippen LogP contribution in [0.15, 0.2) is 18.2 Å². The van der Waals surface area contributed by atoms with E-state index in [4.69, 9.17) is 5.84 Å². The van der Waals surface area contributed by atoms with Crippen LogP contribution in [0.25, 0.3) is 0 Å². The summed E-state index contributed by atoms with van der Waals surface area (Å²) >= 11 is 0. The SMILES string of the molecule is CCN(CC(C)(C)O)C(=O)c1cccc(NN)n1. The third-order valence-corrected chi connectivity index (χ3v) is 2.36. The van der Waals surface area contributed by atoms with Gasteiger partial charge < -0.3 is 15.4 Å². The van der Waals surface area contributed by atoms with Gasteiger partial charge in [-0.15, -0.1) is 0 Å². The van der Waals surface area contributed by atoms with Crippen LogP contribution in [0, 0.1) is 0 Å². The summed E-state index contributed by atoms with van der Waals surface area (Å²) in [6.07, 6.45) is 0. The van der Waals surface area contributed by atoms with Gasteiger partial charge in [0, 0.05) is 13.1 Å². The number of anilines is 1. The number of carbonyl (C=O) groups excluding carboxylic acids is 1. The van der Waals surface area contributed by atoms with Crippen LogP contribution in [-0.4, -0.2) is 39.6 Å². The zero-order valence-corrected chi connectivity index (χ0v) is 11.0. The van der Waals surface area contributed by atoms with Gasteiger partial charge >= 0.3 is 0 Å². The molecule has 0 aromatic carbocycles. The Morgan fingerprint density at radius 3 is 2.72 bits per heavy atom. The van der Waals surface area contributed by atoms with Crippen LogP contribution in [0.2, 0.25) is 0 Å². The van der Waals surface area contributed by atoms with Gasteiger partial charge in [-0.25, -0.2) is 10.8 Å². The number of hydrogen-bond donors (Lipinski definition) is 3. The van der Waals surface area contributed by atoms with Crippen LogP contribution >= 0.6 is 0 Å². The predicted molar refractivity (Wildman–Crippen MR) is 69.9 cm³/mol. The molecule has 1 amide bonds. The number of nitrogen functional groups attached to an aromatic ring is 1. The minimum absolute atomic E-state index is 0.225. The molecule has 0 aliphatic rings. The molecule has 0 aliphatic heterocycles. The molecule has 6 heteroatoms. The molecule has 4 N–H and O–H groups in total. The number of aromatic nitrogens is 1. The zero-order chi connectivity index (χ0) is 13.8. The zero-order valence-electron chi connectivity index (χ0n) is 11.0. The molecule has 0 fully saturated rings. The minimum atomic E-state index is -0.935. The fourth-order valence-electron chi connectivity index (χ4n) is 1.59. The van der Waals surface area contributed by atoms with E-state index in [0.29, 0.717) is 18.1 Å². The van der Waals surface area contributed by atoms with Crippen molar-refractivity contribution in [3.05, 3.63) is 23.9 Å². The Hall–Kier alpha value is -1.66. The smallest absolute Gasteiger partial charge is 0.272 e. The van der Waals surface area contributed by atoms with Crippen LogP contribution in [0.4, 0.5) is 5.82 Å². The molecule has 0 bridgehead atoms. The molecule has 0 spiro atoms. The third-order valence-electron chi connectivity index (χ3n) is 2.36. The van der Waals surface area contributed by atoms with Gasteiger partial charge in [0.1, 0.15) is 11.5 Å². The second kappa shape index (κ2) is 5.79. The predicted octanol–water partition coefficient (Wildman–Crippen LogP) is 0.600. The summed E-state index contributed by atoms with van der Waals surface area (Å²) < 4.78 is 0. The molecule has 0 aliphatic carbocycles. The van der Waals surface area contributed by atoms with E-state index in [0.717, 1.165) is 0 Å². The summed E-state index contributed by atoms with van der Waals surface area (Å²) in [5.41, 5.74) is 1.76. The van der Waals surface area contributed by atoms with E-state index in [1.807, 2.05) is 6.92 Å². The average Bonchev–Trinajstić information content (AvgIpc) is 2.34. The first-order chi connectivity index (χ1) is 8.37. The van der Waals surface area contributed by atoms with Crippen molar-refractivity contribution in [3.63, 3.8) is 0 Å². The number of nitrogens with one attached hydrogen (secondary N) is 1. The van der Waals surface area contributed by atoms with Crippen molar-refractivity contribution in [2.24, 2.45) is 5.84 Å². The number of hydrogen-bond acceptors (Lipinski definition) is 5. The van der Waals surface area contributed by atoms with Crippen molar-refractivity contribution < 1.29 is 9.90 Å². The number of hydrazine groups is 1. The highest BCUT2D eigenvalue weighted by molar-refractivity contribution is 5.92. The molecular formula is C12H20N4O2. The third kappa shape index (κ3) is 3.97. The maximum atomic E-state index is 12.2. The number of pyridine rings is 1. The van der Waals surface area contributed by atoms with Crippen LogP contribution in [0.1, 0.15) is 31.3 Å². The monoisotopic (exact) mass is 252 g/mol. The quantitative estimate of drug-likeness (QED) is 0.527. The molecule has 1 rings (SSSR count). The van der Waals surface area contributed by atoms with E-state index >= 15 is 0 Å². The van der Waals surface area contributed by atoms with E-state index in [1.54, 1.807) is 36.9 Å². The lowest BCUT2D eigenvalue weighted by Crippen LogP contribution is -2.42. The number of carbonyl (C=O) groups is 1.